The van der Waals surface area contributed by atoms with Crippen molar-refractivity contribution in [1.29, 1.82) is 0 Å². The van der Waals surface area contributed by atoms with Crippen LogP contribution in [0.1, 0.15) is 61.0 Å². The van der Waals surface area contributed by atoms with Crippen LogP contribution < -0.4 is 16.3 Å². The lowest BCUT2D eigenvalue weighted by Crippen LogP contribution is -2.42. The molecule has 0 spiro atoms. The normalized spacial score (nSPS) is 13.5. The van der Waals surface area contributed by atoms with Gasteiger partial charge >= 0.3 is 5.91 Å². The molecule has 1 heterocycles. The standard InChI is InChI=1S/C28H23N5O6/c1-16-24-21(29-30-26(34)19-12-6-9-17-8-2-3-10-18(17)19)13-7-15-23(24)39-25(16)28(36)32-31-27(35)20-11-4-5-14-22(20)33(37)38/h2-6,8-12,14H,7,13,15H2,1H3,(H,30,34)(H,31,35)(H,32,36)/b29-21+. The highest BCUT2D eigenvalue weighted by atomic mass is 16.6. The highest BCUT2D eigenvalue weighted by Crippen LogP contribution is 2.30. The Balaban J connectivity index is 1.33. The summed E-state index contributed by atoms with van der Waals surface area (Å²) in [7, 11) is 0. The zero-order chi connectivity index (χ0) is 27.5. The summed E-state index contributed by atoms with van der Waals surface area (Å²) in [4.78, 5) is 48.8. The molecule has 3 aromatic carbocycles. The van der Waals surface area contributed by atoms with E-state index in [1.807, 2.05) is 36.4 Å². The minimum Gasteiger partial charge on any atom is -0.455 e. The monoisotopic (exact) mass is 525 g/mol. The van der Waals surface area contributed by atoms with Gasteiger partial charge in [-0.2, -0.15) is 5.10 Å². The first-order valence-electron chi connectivity index (χ1n) is 12.2. The van der Waals surface area contributed by atoms with Crippen molar-refractivity contribution in [2.45, 2.75) is 26.2 Å². The summed E-state index contributed by atoms with van der Waals surface area (Å²) in [6.07, 6.45) is 1.85. The van der Waals surface area contributed by atoms with E-state index < -0.39 is 16.7 Å². The quantitative estimate of drug-likeness (QED) is 0.262. The SMILES string of the molecule is Cc1c(C(=O)NNC(=O)c2ccccc2[N+](=O)[O-])oc2c1/C(=N/NC(=O)c1cccc3ccccc13)CCC2. The van der Waals surface area contributed by atoms with Crippen molar-refractivity contribution in [1.82, 2.24) is 16.3 Å². The van der Waals surface area contributed by atoms with Gasteiger partial charge in [-0.25, -0.2) is 5.43 Å². The molecule has 0 unspecified atom stereocenters. The second kappa shape index (κ2) is 10.6. The lowest BCUT2D eigenvalue weighted by Gasteiger charge is -2.13. The van der Waals surface area contributed by atoms with Crippen molar-refractivity contribution < 1.29 is 23.7 Å². The molecule has 11 heteroatoms. The van der Waals surface area contributed by atoms with Gasteiger partial charge in [-0.3, -0.25) is 35.3 Å². The number of hydrazone groups is 1. The number of nitrogens with zero attached hydrogens (tertiary/aromatic N) is 2. The fourth-order valence-corrected chi connectivity index (χ4v) is 4.66. The Bertz CT molecular complexity index is 1670. The van der Waals surface area contributed by atoms with E-state index in [2.05, 4.69) is 21.4 Å². The largest absolute Gasteiger partial charge is 0.455 e. The number of fused-ring (bicyclic) bond motifs is 2. The molecule has 196 valence electrons. The number of rotatable bonds is 5. The average Bonchev–Trinajstić information content (AvgIpc) is 3.31. The van der Waals surface area contributed by atoms with Gasteiger partial charge in [0.25, 0.3) is 17.5 Å². The second-order valence-electron chi connectivity index (χ2n) is 8.92. The van der Waals surface area contributed by atoms with Crippen molar-refractivity contribution in [3.05, 3.63) is 111 Å². The molecule has 0 saturated carbocycles. The fourth-order valence-electron chi connectivity index (χ4n) is 4.66. The lowest BCUT2D eigenvalue weighted by molar-refractivity contribution is -0.385. The van der Waals surface area contributed by atoms with Crippen LogP contribution >= 0.6 is 0 Å². The number of hydrogen-bond acceptors (Lipinski definition) is 7. The molecule has 11 nitrogen and oxygen atoms in total. The predicted octanol–water partition coefficient (Wildman–Crippen LogP) is 4.19. The van der Waals surface area contributed by atoms with E-state index in [9.17, 15) is 24.5 Å². The third-order valence-electron chi connectivity index (χ3n) is 6.49. The van der Waals surface area contributed by atoms with E-state index >= 15 is 0 Å². The van der Waals surface area contributed by atoms with Crippen LogP contribution in [0.4, 0.5) is 5.69 Å². The summed E-state index contributed by atoms with van der Waals surface area (Å²) in [5, 5.41) is 17.3. The van der Waals surface area contributed by atoms with Crippen LogP contribution in [-0.2, 0) is 6.42 Å². The Hall–Kier alpha value is -5.32. The third kappa shape index (κ3) is 4.97. The molecule has 0 aliphatic heterocycles. The Morgan fingerprint density at radius 2 is 1.56 bits per heavy atom. The van der Waals surface area contributed by atoms with Gasteiger partial charge < -0.3 is 4.42 Å². The Kier molecular flexibility index (Phi) is 6.87. The number of nitrogens with one attached hydrogen (secondary N) is 3. The maximum atomic E-state index is 13.0. The van der Waals surface area contributed by atoms with E-state index in [0.717, 1.165) is 10.8 Å². The molecule has 3 N–H and O–H groups in total. The second-order valence-corrected chi connectivity index (χ2v) is 8.92. The van der Waals surface area contributed by atoms with E-state index in [4.69, 9.17) is 4.42 Å². The van der Waals surface area contributed by atoms with Crippen molar-refractivity contribution in [3.63, 3.8) is 0 Å². The van der Waals surface area contributed by atoms with Crippen LogP contribution in [0.25, 0.3) is 10.8 Å². The predicted molar refractivity (Wildman–Crippen MR) is 142 cm³/mol. The number of nitro benzene ring substituents is 1. The minimum atomic E-state index is -0.844. The van der Waals surface area contributed by atoms with Crippen LogP contribution in [0.2, 0.25) is 0 Å². The molecule has 1 aliphatic carbocycles. The molecule has 1 aliphatic rings. The summed E-state index contributed by atoms with van der Waals surface area (Å²) in [6, 6.07) is 18.4. The first-order valence-corrected chi connectivity index (χ1v) is 12.2. The summed E-state index contributed by atoms with van der Waals surface area (Å²) in [5.41, 5.74) is 8.70. The van der Waals surface area contributed by atoms with Crippen molar-refractivity contribution >= 4 is 39.9 Å². The Morgan fingerprint density at radius 1 is 0.872 bits per heavy atom. The fraction of sp³-hybridized carbons (Fsp3) is 0.143. The van der Waals surface area contributed by atoms with Gasteiger partial charge in [0.2, 0.25) is 0 Å². The summed E-state index contributed by atoms with van der Waals surface area (Å²) >= 11 is 0. The molecule has 0 bridgehead atoms. The summed E-state index contributed by atoms with van der Waals surface area (Å²) in [6.45, 7) is 1.69. The Morgan fingerprint density at radius 3 is 2.38 bits per heavy atom. The van der Waals surface area contributed by atoms with Gasteiger partial charge in [0.05, 0.1) is 10.6 Å². The smallest absolute Gasteiger partial charge is 0.305 e. The Labute approximate surface area is 222 Å². The van der Waals surface area contributed by atoms with Crippen LogP contribution in [0.3, 0.4) is 0 Å². The number of aryl methyl sites for hydroxylation is 1. The number of benzene rings is 3. The van der Waals surface area contributed by atoms with E-state index in [1.54, 1.807) is 13.0 Å². The van der Waals surface area contributed by atoms with Crippen molar-refractivity contribution in [3.8, 4) is 0 Å². The van der Waals surface area contributed by atoms with Crippen LogP contribution in [0, 0.1) is 17.0 Å². The topological polar surface area (TPSA) is 156 Å². The molecule has 0 radical (unpaired) electrons. The molecule has 1 aromatic heterocycles. The number of para-hydroxylation sites is 1. The van der Waals surface area contributed by atoms with E-state index in [1.165, 1.54) is 24.3 Å². The number of hydrazine groups is 1. The highest BCUT2D eigenvalue weighted by Gasteiger charge is 2.29. The first kappa shape index (κ1) is 25.3. The zero-order valence-electron chi connectivity index (χ0n) is 20.8. The van der Waals surface area contributed by atoms with Gasteiger partial charge in [0.1, 0.15) is 11.3 Å². The summed E-state index contributed by atoms with van der Waals surface area (Å²) < 4.78 is 5.81. The third-order valence-corrected chi connectivity index (χ3v) is 6.49. The molecule has 5 rings (SSSR count). The van der Waals surface area contributed by atoms with Crippen LogP contribution in [0.5, 0.6) is 0 Å². The highest BCUT2D eigenvalue weighted by molar-refractivity contribution is 6.10. The van der Waals surface area contributed by atoms with Crippen LogP contribution in [-0.4, -0.2) is 28.4 Å². The van der Waals surface area contributed by atoms with Gasteiger partial charge in [0, 0.05) is 29.2 Å². The maximum Gasteiger partial charge on any atom is 0.305 e. The molecule has 3 amide bonds. The molecule has 39 heavy (non-hydrogen) atoms. The molecular formula is C28H23N5O6. The minimum absolute atomic E-state index is 0.0298. The number of nitro groups is 1. The van der Waals surface area contributed by atoms with Crippen molar-refractivity contribution in [2.24, 2.45) is 5.10 Å². The zero-order valence-corrected chi connectivity index (χ0v) is 20.8. The van der Waals surface area contributed by atoms with Gasteiger partial charge in [-0.05, 0) is 42.7 Å². The maximum absolute atomic E-state index is 13.0. The number of carbonyl (C=O) groups excluding carboxylic acids is 3. The van der Waals surface area contributed by atoms with Crippen LogP contribution in [0.15, 0.2) is 76.2 Å². The first-order chi connectivity index (χ1) is 18.8. The average molecular weight is 526 g/mol. The molecule has 4 aromatic rings. The molecule has 0 fully saturated rings. The number of furan rings is 1. The van der Waals surface area contributed by atoms with E-state index in [0.29, 0.717) is 47.4 Å². The number of carbonyl (C=O) groups is 3. The number of hydrogen-bond donors (Lipinski definition) is 3. The van der Waals surface area contributed by atoms with Gasteiger partial charge in [-0.15, -0.1) is 0 Å². The molecule has 0 saturated heterocycles. The molecular weight excluding hydrogens is 502 g/mol. The molecule has 0 atom stereocenters. The number of amides is 3. The van der Waals surface area contributed by atoms with Crippen molar-refractivity contribution in [2.75, 3.05) is 0 Å². The van der Waals surface area contributed by atoms with Gasteiger partial charge in [-0.1, -0.05) is 48.5 Å². The van der Waals surface area contributed by atoms with Gasteiger partial charge in [0.15, 0.2) is 5.76 Å². The lowest BCUT2D eigenvalue weighted by atomic mass is 9.93. The summed E-state index contributed by atoms with van der Waals surface area (Å²) in [5.74, 6) is -1.41. The van der Waals surface area contributed by atoms with E-state index in [-0.39, 0.29) is 22.9 Å².